The second-order valence-corrected chi connectivity index (χ2v) is 4.88. The summed E-state index contributed by atoms with van der Waals surface area (Å²) in [6.45, 7) is 2.93. The van der Waals surface area contributed by atoms with E-state index >= 15 is 0 Å². The van der Waals surface area contributed by atoms with Gasteiger partial charge in [0, 0.05) is 13.1 Å². The quantitative estimate of drug-likeness (QED) is 0.473. The predicted molar refractivity (Wildman–Crippen MR) is 71.6 cm³/mol. The number of hydrogen-bond donors (Lipinski definition) is 2. The highest BCUT2D eigenvalue weighted by molar-refractivity contribution is 5.78. The zero-order valence-electron chi connectivity index (χ0n) is 10.6. The van der Waals surface area contributed by atoms with Gasteiger partial charge in [0.15, 0.2) is 0 Å². The molecule has 98 valence electrons. The third-order valence-electron chi connectivity index (χ3n) is 3.58. The second-order valence-electron chi connectivity index (χ2n) is 4.88. The first-order valence-electron chi connectivity index (χ1n) is 6.56. The maximum absolute atomic E-state index is 11.5. The zero-order chi connectivity index (χ0) is 12.8. The van der Waals surface area contributed by atoms with Gasteiger partial charge in [-0.1, -0.05) is 30.3 Å². The minimum Gasteiger partial charge on any atom is -0.302 e. The molecule has 1 amide bonds. The van der Waals surface area contributed by atoms with Gasteiger partial charge in [0.05, 0.1) is 5.92 Å². The summed E-state index contributed by atoms with van der Waals surface area (Å²) in [6, 6.07) is 10.5. The molecule has 2 rings (SSSR count). The highest BCUT2D eigenvalue weighted by atomic mass is 16.2. The van der Waals surface area contributed by atoms with Crippen LogP contribution in [0.25, 0.3) is 0 Å². The molecule has 18 heavy (non-hydrogen) atoms. The molecule has 1 atom stereocenters. The van der Waals surface area contributed by atoms with Crippen molar-refractivity contribution in [1.29, 1.82) is 0 Å². The van der Waals surface area contributed by atoms with E-state index < -0.39 is 0 Å². The molecule has 0 saturated carbocycles. The molecular formula is C14H21N3O. The van der Waals surface area contributed by atoms with Crippen molar-refractivity contribution in [3.05, 3.63) is 35.9 Å². The molecule has 1 fully saturated rings. The van der Waals surface area contributed by atoms with Crippen molar-refractivity contribution in [2.45, 2.75) is 19.3 Å². The summed E-state index contributed by atoms with van der Waals surface area (Å²) in [5.41, 5.74) is 3.61. The number of hydrazine groups is 1. The molecule has 1 heterocycles. The molecular weight excluding hydrogens is 226 g/mol. The molecule has 0 unspecified atom stereocenters. The van der Waals surface area contributed by atoms with Gasteiger partial charge in [-0.2, -0.15) is 0 Å². The lowest BCUT2D eigenvalue weighted by molar-refractivity contribution is -0.126. The van der Waals surface area contributed by atoms with Crippen LogP contribution in [0.15, 0.2) is 30.3 Å². The number of benzene rings is 1. The predicted octanol–water partition coefficient (Wildman–Crippen LogP) is 0.931. The lowest BCUT2D eigenvalue weighted by Crippen LogP contribution is -2.45. The lowest BCUT2D eigenvalue weighted by Gasteiger charge is -2.31. The number of piperidine rings is 1. The maximum atomic E-state index is 11.5. The van der Waals surface area contributed by atoms with E-state index in [0.29, 0.717) is 0 Å². The van der Waals surface area contributed by atoms with Crippen molar-refractivity contribution in [3.63, 3.8) is 0 Å². The Hall–Kier alpha value is -1.39. The average molecular weight is 247 g/mol. The number of nitrogens with zero attached hydrogens (tertiary/aromatic N) is 1. The number of hydrogen-bond acceptors (Lipinski definition) is 3. The third kappa shape index (κ3) is 3.55. The highest BCUT2D eigenvalue weighted by Crippen LogP contribution is 2.16. The van der Waals surface area contributed by atoms with Crippen LogP contribution in [0.4, 0.5) is 0 Å². The summed E-state index contributed by atoms with van der Waals surface area (Å²) in [5.74, 6) is 5.22. The number of likely N-dealkylation sites (tertiary alicyclic amines) is 1. The van der Waals surface area contributed by atoms with Crippen LogP contribution in [0.1, 0.15) is 18.4 Å². The van der Waals surface area contributed by atoms with E-state index in [0.717, 1.165) is 38.9 Å². The Morgan fingerprint density at radius 2 is 2.17 bits per heavy atom. The first-order chi connectivity index (χ1) is 8.79. The number of carbonyl (C=O) groups is 1. The van der Waals surface area contributed by atoms with Gasteiger partial charge < -0.3 is 4.90 Å². The van der Waals surface area contributed by atoms with Crippen LogP contribution in [-0.4, -0.2) is 30.4 Å². The first kappa shape index (κ1) is 13.1. The van der Waals surface area contributed by atoms with Crippen LogP contribution in [0, 0.1) is 5.92 Å². The summed E-state index contributed by atoms with van der Waals surface area (Å²) < 4.78 is 0. The Morgan fingerprint density at radius 1 is 1.39 bits per heavy atom. The van der Waals surface area contributed by atoms with Crippen molar-refractivity contribution in [3.8, 4) is 0 Å². The van der Waals surface area contributed by atoms with Crippen LogP contribution in [0.3, 0.4) is 0 Å². The molecule has 1 aliphatic rings. The summed E-state index contributed by atoms with van der Waals surface area (Å²) in [5, 5.41) is 0. The van der Waals surface area contributed by atoms with E-state index in [9.17, 15) is 4.79 Å². The molecule has 4 nitrogen and oxygen atoms in total. The number of amides is 1. The van der Waals surface area contributed by atoms with E-state index in [4.69, 9.17) is 5.84 Å². The maximum Gasteiger partial charge on any atom is 0.238 e. The van der Waals surface area contributed by atoms with Gasteiger partial charge in [-0.25, -0.2) is 5.84 Å². The fourth-order valence-electron chi connectivity index (χ4n) is 2.52. The molecule has 3 N–H and O–H groups in total. The standard InChI is InChI=1S/C14H21N3O/c15-16-14(18)13-7-4-9-17(11-13)10-8-12-5-2-1-3-6-12/h1-3,5-6,13H,4,7-11,15H2,(H,16,18)/t13-/m0/s1. The number of rotatable bonds is 4. The molecule has 0 radical (unpaired) electrons. The van der Waals surface area contributed by atoms with Crippen LogP contribution in [0.5, 0.6) is 0 Å². The zero-order valence-corrected chi connectivity index (χ0v) is 10.6. The fraction of sp³-hybridized carbons (Fsp3) is 0.500. The van der Waals surface area contributed by atoms with Gasteiger partial charge in [-0.3, -0.25) is 10.2 Å². The van der Waals surface area contributed by atoms with Gasteiger partial charge in [-0.15, -0.1) is 0 Å². The van der Waals surface area contributed by atoms with Crippen LogP contribution < -0.4 is 11.3 Å². The topological polar surface area (TPSA) is 58.4 Å². The van der Waals surface area contributed by atoms with E-state index in [-0.39, 0.29) is 11.8 Å². The molecule has 1 aromatic carbocycles. The summed E-state index contributed by atoms with van der Waals surface area (Å²) in [6.07, 6.45) is 3.07. The van der Waals surface area contributed by atoms with Crippen molar-refractivity contribution < 1.29 is 4.79 Å². The lowest BCUT2D eigenvalue weighted by atomic mass is 9.97. The summed E-state index contributed by atoms with van der Waals surface area (Å²) in [4.78, 5) is 13.9. The average Bonchev–Trinajstić information content (AvgIpc) is 2.45. The molecule has 0 bridgehead atoms. The fourth-order valence-corrected chi connectivity index (χ4v) is 2.52. The molecule has 1 aliphatic heterocycles. The normalized spacial score (nSPS) is 20.6. The van der Waals surface area contributed by atoms with Crippen LogP contribution in [0.2, 0.25) is 0 Å². The Labute approximate surface area is 108 Å². The smallest absolute Gasteiger partial charge is 0.238 e. The number of nitrogens with one attached hydrogen (secondary N) is 1. The van der Waals surface area contributed by atoms with Crippen molar-refractivity contribution in [2.75, 3.05) is 19.6 Å². The molecule has 1 saturated heterocycles. The van der Waals surface area contributed by atoms with E-state index in [1.54, 1.807) is 0 Å². The minimum absolute atomic E-state index is 0.0283. The Kier molecular flexibility index (Phi) is 4.73. The van der Waals surface area contributed by atoms with Crippen LogP contribution >= 0.6 is 0 Å². The molecule has 0 aliphatic carbocycles. The summed E-state index contributed by atoms with van der Waals surface area (Å²) >= 11 is 0. The van der Waals surface area contributed by atoms with Gasteiger partial charge in [0.2, 0.25) is 5.91 Å². The largest absolute Gasteiger partial charge is 0.302 e. The Balaban J connectivity index is 1.81. The van der Waals surface area contributed by atoms with Gasteiger partial charge in [0.1, 0.15) is 0 Å². The third-order valence-corrected chi connectivity index (χ3v) is 3.58. The second kappa shape index (κ2) is 6.52. The van der Waals surface area contributed by atoms with E-state index in [2.05, 4.69) is 34.6 Å². The first-order valence-corrected chi connectivity index (χ1v) is 6.56. The SMILES string of the molecule is NNC(=O)[C@H]1CCCN(CCc2ccccc2)C1. The Morgan fingerprint density at radius 3 is 2.89 bits per heavy atom. The highest BCUT2D eigenvalue weighted by Gasteiger charge is 2.24. The van der Waals surface area contributed by atoms with E-state index in [1.807, 2.05) is 6.07 Å². The van der Waals surface area contributed by atoms with Gasteiger partial charge in [-0.05, 0) is 31.4 Å². The summed E-state index contributed by atoms with van der Waals surface area (Å²) in [7, 11) is 0. The number of nitrogens with two attached hydrogens (primary N) is 1. The Bertz CT molecular complexity index is 380. The molecule has 4 heteroatoms. The van der Waals surface area contributed by atoms with Crippen molar-refractivity contribution in [1.82, 2.24) is 10.3 Å². The van der Waals surface area contributed by atoms with Gasteiger partial charge in [0.25, 0.3) is 0 Å². The monoisotopic (exact) mass is 247 g/mol. The number of carbonyl (C=O) groups excluding carboxylic acids is 1. The van der Waals surface area contributed by atoms with Gasteiger partial charge >= 0.3 is 0 Å². The minimum atomic E-state index is -0.0283. The van der Waals surface area contributed by atoms with E-state index in [1.165, 1.54) is 5.56 Å². The molecule has 0 spiro atoms. The van der Waals surface area contributed by atoms with Crippen molar-refractivity contribution in [2.24, 2.45) is 11.8 Å². The van der Waals surface area contributed by atoms with Crippen LogP contribution in [-0.2, 0) is 11.2 Å². The molecule has 1 aromatic rings. The molecule has 0 aromatic heterocycles. The van der Waals surface area contributed by atoms with Crippen molar-refractivity contribution >= 4 is 5.91 Å².